The zero-order valence-electron chi connectivity index (χ0n) is 14.8. The van der Waals surface area contributed by atoms with Crippen molar-refractivity contribution in [1.82, 2.24) is 0 Å². The third-order valence-corrected chi connectivity index (χ3v) is 5.01. The van der Waals surface area contributed by atoms with Crippen LogP contribution in [0.3, 0.4) is 0 Å². The number of nitrogens with one attached hydrogen (secondary N) is 1. The van der Waals surface area contributed by atoms with Crippen molar-refractivity contribution in [2.45, 2.75) is 25.2 Å². The topological polar surface area (TPSA) is 83.5 Å². The SMILES string of the molecule is CC(C)Cc1ccc(NS(=O)(=O)c2cccc(/C=C/C(=O)CO)c2)cc1. The molecule has 0 unspecified atom stereocenters. The minimum absolute atomic E-state index is 0.0994. The van der Waals surface area contributed by atoms with Crippen molar-refractivity contribution in [3.63, 3.8) is 0 Å². The first kappa shape index (κ1) is 19.9. The molecule has 0 saturated heterocycles. The highest BCUT2D eigenvalue weighted by Crippen LogP contribution is 2.19. The highest BCUT2D eigenvalue weighted by atomic mass is 32.2. The zero-order valence-corrected chi connectivity index (χ0v) is 15.7. The predicted octanol–water partition coefficient (Wildman–Crippen LogP) is 3.26. The molecule has 0 spiro atoms. The van der Waals surface area contributed by atoms with Gasteiger partial charge in [-0.25, -0.2) is 8.42 Å². The van der Waals surface area contributed by atoms with E-state index in [4.69, 9.17) is 5.11 Å². The molecule has 0 aliphatic heterocycles. The number of rotatable bonds is 8. The molecule has 0 radical (unpaired) electrons. The van der Waals surface area contributed by atoms with Crippen molar-refractivity contribution in [1.29, 1.82) is 0 Å². The molecule has 0 amide bonds. The first-order chi connectivity index (χ1) is 12.3. The lowest BCUT2D eigenvalue weighted by atomic mass is 10.0. The van der Waals surface area contributed by atoms with Crippen LogP contribution < -0.4 is 4.72 Å². The lowest BCUT2D eigenvalue weighted by Crippen LogP contribution is -2.13. The molecule has 0 aromatic heterocycles. The average molecular weight is 373 g/mol. The van der Waals surface area contributed by atoms with Crippen molar-refractivity contribution in [2.24, 2.45) is 5.92 Å². The molecular weight excluding hydrogens is 350 g/mol. The van der Waals surface area contributed by atoms with Gasteiger partial charge in [0.25, 0.3) is 10.0 Å². The Kier molecular flexibility index (Phi) is 6.71. The number of sulfonamides is 1. The van der Waals surface area contributed by atoms with Crippen LogP contribution in [0.4, 0.5) is 5.69 Å². The van der Waals surface area contributed by atoms with E-state index in [9.17, 15) is 13.2 Å². The molecule has 2 aromatic rings. The third kappa shape index (κ3) is 5.82. The summed E-state index contributed by atoms with van der Waals surface area (Å²) in [7, 11) is -3.73. The molecule has 6 heteroatoms. The minimum atomic E-state index is -3.73. The molecule has 138 valence electrons. The first-order valence-corrected chi connectivity index (χ1v) is 9.82. The lowest BCUT2D eigenvalue weighted by molar-refractivity contribution is -0.117. The Balaban J connectivity index is 2.17. The number of carbonyl (C=O) groups excluding carboxylic acids is 1. The highest BCUT2D eigenvalue weighted by molar-refractivity contribution is 7.92. The number of aliphatic hydroxyl groups excluding tert-OH is 1. The Morgan fingerprint density at radius 3 is 2.46 bits per heavy atom. The first-order valence-electron chi connectivity index (χ1n) is 8.34. The normalized spacial score (nSPS) is 11.8. The zero-order chi connectivity index (χ0) is 19.2. The summed E-state index contributed by atoms with van der Waals surface area (Å²) in [5.41, 5.74) is 2.21. The molecule has 2 rings (SSSR count). The summed E-state index contributed by atoms with van der Waals surface area (Å²) >= 11 is 0. The Hall–Kier alpha value is -2.44. The van der Waals surface area contributed by atoms with Gasteiger partial charge in [-0.1, -0.05) is 44.2 Å². The Bertz CT molecular complexity index is 884. The number of aliphatic hydroxyl groups is 1. The monoisotopic (exact) mass is 373 g/mol. The van der Waals surface area contributed by atoms with Crippen molar-refractivity contribution in [3.05, 3.63) is 65.7 Å². The van der Waals surface area contributed by atoms with E-state index >= 15 is 0 Å². The smallest absolute Gasteiger partial charge is 0.261 e. The van der Waals surface area contributed by atoms with Crippen LogP contribution in [0, 0.1) is 5.92 Å². The van der Waals surface area contributed by atoms with Crippen molar-refractivity contribution >= 4 is 27.6 Å². The van der Waals surface area contributed by atoms with Crippen LogP contribution in [-0.2, 0) is 21.2 Å². The van der Waals surface area contributed by atoms with Crippen LogP contribution in [0.5, 0.6) is 0 Å². The third-order valence-electron chi connectivity index (χ3n) is 3.64. The maximum Gasteiger partial charge on any atom is 0.261 e. The van der Waals surface area contributed by atoms with Gasteiger partial charge in [0.2, 0.25) is 0 Å². The van der Waals surface area contributed by atoms with Gasteiger partial charge in [0.1, 0.15) is 6.61 Å². The van der Waals surface area contributed by atoms with Crippen LogP contribution in [0.15, 0.2) is 59.5 Å². The fourth-order valence-electron chi connectivity index (χ4n) is 2.42. The number of carbonyl (C=O) groups is 1. The molecule has 26 heavy (non-hydrogen) atoms. The summed E-state index contributed by atoms with van der Waals surface area (Å²) in [6.07, 6.45) is 3.62. The fraction of sp³-hybridized carbons (Fsp3) is 0.250. The second kappa shape index (κ2) is 8.78. The van der Waals surface area contributed by atoms with Crippen LogP contribution in [0.2, 0.25) is 0 Å². The van der Waals surface area contributed by atoms with Crippen LogP contribution in [0.25, 0.3) is 6.08 Å². The van der Waals surface area contributed by atoms with E-state index in [1.54, 1.807) is 24.3 Å². The molecule has 0 saturated carbocycles. The van der Waals surface area contributed by atoms with Crippen molar-refractivity contribution in [2.75, 3.05) is 11.3 Å². The standard InChI is InChI=1S/C20H23NO4S/c1-15(2)12-17-6-9-18(10-7-17)21-26(24,25)20-5-3-4-16(13-20)8-11-19(23)14-22/h3-11,13,15,21-22H,12,14H2,1-2H3/b11-8+. The van der Waals surface area contributed by atoms with Gasteiger partial charge < -0.3 is 5.11 Å². The van der Waals surface area contributed by atoms with Crippen LogP contribution in [0.1, 0.15) is 25.0 Å². The number of anilines is 1. The Morgan fingerprint density at radius 1 is 1.15 bits per heavy atom. The van der Waals surface area contributed by atoms with Crippen LogP contribution in [-0.4, -0.2) is 25.9 Å². The molecule has 2 aromatic carbocycles. The van der Waals surface area contributed by atoms with Crippen molar-refractivity contribution < 1.29 is 18.3 Å². The Morgan fingerprint density at radius 2 is 1.85 bits per heavy atom. The van der Waals surface area contributed by atoms with Gasteiger partial charge in [-0.15, -0.1) is 0 Å². The van der Waals surface area contributed by atoms with E-state index in [2.05, 4.69) is 18.6 Å². The summed E-state index contributed by atoms with van der Waals surface area (Å²) in [5.74, 6) is 0.0870. The summed E-state index contributed by atoms with van der Waals surface area (Å²) in [6, 6.07) is 13.6. The van der Waals surface area contributed by atoms with E-state index < -0.39 is 22.4 Å². The molecule has 2 N–H and O–H groups in total. The van der Waals surface area contributed by atoms with Gasteiger partial charge in [-0.3, -0.25) is 9.52 Å². The van der Waals surface area contributed by atoms with Gasteiger partial charge in [-0.05, 0) is 53.8 Å². The quantitative estimate of drug-likeness (QED) is 0.696. The molecule has 0 aliphatic carbocycles. The van der Waals surface area contributed by atoms with Gasteiger partial charge >= 0.3 is 0 Å². The summed E-state index contributed by atoms with van der Waals surface area (Å²) in [6.45, 7) is 3.68. The summed E-state index contributed by atoms with van der Waals surface area (Å²) in [4.78, 5) is 11.2. The second-order valence-corrected chi connectivity index (χ2v) is 8.11. The Labute approximate surface area is 154 Å². The predicted molar refractivity (Wildman–Crippen MR) is 103 cm³/mol. The molecule has 0 bridgehead atoms. The maximum absolute atomic E-state index is 12.6. The van der Waals surface area contributed by atoms with Crippen LogP contribution >= 0.6 is 0 Å². The van der Waals surface area contributed by atoms with Gasteiger partial charge in [0, 0.05) is 5.69 Å². The fourth-order valence-corrected chi connectivity index (χ4v) is 3.53. The van der Waals surface area contributed by atoms with E-state index in [0.717, 1.165) is 12.0 Å². The average Bonchev–Trinajstić information content (AvgIpc) is 2.61. The van der Waals surface area contributed by atoms with E-state index in [1.807, 2.05) is 12.1 Å². The van der Waals surface area contributed by atoms with Gasteiger partial charge in [0.15, 0.2) is 5.78 Å². The number of hydrogen-bond acceptors (Lipinski definition) is 4. The van der Waals surface area contributed by atoms with E-state index in [-0.39, 0.29) is 4.90 Å². The summed E-state index contributed by atoms with van der Waals surface area (Å²) < 4.78 is 27.7. The van der Waals surface area contributed by atoms with Gasteiger partial charge in [-0.2, -0.15) is 0 Å². The maximum atomic E-state index is 12.6. The van der Waals surface area contributed by atoms with E-state index in [0.29, 0.717) is 17.2 Å². The largest absolute Gasteiger partial charge is 0.388 e. The molecule has 0 fully saturated rings. The molecule has 0 aliphatic rings. The number of ketones is 1. The lowest BCUT2D eigenvalue weighted by Gasteiger charge is -2.10. The number of benzene rings is 2. The van der Waals surface area contributed by atoms with Crippen molar-refractivity contribution in [3.8, 4) is 0 Å². The molecule has 0 atom stereocenters. The minimum Gasteiger partial charge on any atom is -0.388 e. The number of hydrogen-bond donors (Lipinski definition) is 2. The molecule has 0 heterocycles. The van der Waals surface area contributed by atoms with E-state index in [1.165, 1.54) is 24.3 Å². The molecule has 5 nitrogen and oxygen atoms in total. The molecular formula is C20H23NO4S. The highest BCUT2D eigenvalue weighted by Gasteiger charge is 2.14. The second-order valence-electron chi connectivity index (χ2n) is 6.43. The van der Waals surface area contributed by atoms with Gasteiger partial charge in [0.05, 0.1) is 4.90 Å². The summed E-state index contributed by atoms with van der Waals surface area (Å²) in [5, 5.41) is 8.72.